The van der Waals surface area contributed by atoms with Crippen molar-refractivity contribution in [2.45, 2.75) is 186 Å². The zero-order valence-corrected chi connectivity index (χ0v) is 45.2. The molecule has 20 N–H and O–H groups in total. The van der Waals surface area contributed by atoms with E-state index in [2.05, 4.69) is 47.9 Å². The molecule has 0 spiro atoms. The van der Waals surface area contributed by atoms with Gasteiger partial charge in [-0.05, 0) is 95.6 Å². The molecule has 440 valence electrons. The van der Waals surface area contributed by atoms with Crippen LogP contribution in [-0.2, 0) is 57.5 Å². The molecule has 0 heterocycles. The van der Waals surface area contributed by atoms with E-state index in [0.717, 1.165) is 6.92 Å². The van der Waals surface area contributed by atoms with E-state index in [1.54, 1.807) is 41.5 Å². The summed E-state index contributed by atoms with van der Waals surface area (Å²) in [5.41, 5.74) is 16.8. The molecule has 0 aliphatic heterocycles. The van der Waals surface area contributed by atoms with Gasteiger partial charge in [0.1, 0.15) is 60.4 Å². The Kier molecular flexibility index (Phi) is 34.1. The highest BCUT2D eigenvalue weighted by Gasteiger charge is 2.36. The first-order chi connectivity index (χ1) is 36.1. The molecule has 0 saturated heterocycles. The molecule has 0 bridgehead atoms. The number of unbranched alkanes of at least 4 members (excludes halogenated alkanes) is 2. The van der Waals surface area contributed by atoms with Crippen molar-refractivity contribution in [2.24, 2.45) is 35.0 Å². The summed E-state index contributed by atoms with van der Waals surface area (Å²) in [6.45, 7) is 10.2. The Morgan fingerprint density at radius 2 is 0.831 bits per heavy atom. The molecule has 0 aromatic rings. The van der Waals surface area contributed by atoms with E-state index in [9.17, 15) is 83.1 Å². The number of hydrogen-bond donors (Lipinski definition) is 17. The van der Waals surface area contributed by atoms with Crippen LogP contribution in [0, 0.1) is 17.8 Å². The maximum Gasteiger partial charge on any atom is 0.326 e. The van der Waals surface area contributed by atoms with E-state index >= 15 is 0 Å². The van der Waals surface area contributed by atoms with Crippen LogP contribution in [0.2, 0.25) is 0 Å². The number of nitrogens with two attached hydrogens (primary N) is 3. The first-order valence-electron chi connectivity index (χ1n) is 25.8. The predicted molar refractivity (Wildman–Crippen MR) is 276 cm³/mol. The molecule has 9 amide bonds. The van der Waals surface area contributed by atoms with E-state index in [4.69, 9.17) is 17.2 Å². The number of aliphatic hydroxyl groups is 2. The lowest BCUT2D eigenvalue weighted by molar-refractivity contribution is -0.143. The van der Waals surface area contributed by atoms with Gasteiger partial charge in [0.05, 0.1) is 19.6 Å². The van der Waals surface area contributed by atoms with Gasteiger partial charge in [-0.2, -0.15) is 0 Å². The molecule has 0 rings (SSSR count). The highest BCUT2D eigenvalue weighted by Crippen LogP contribution is 2.13. The van der Waals surface area contributed by atoms with Crippen molar-refractivity contribution in [3.05, 3.63) is 0 Å². The average Bonchev–Trinajstić information content (AvgIpc) is 3.35. The zero-order valence-electron chi connectivity index (χ0n) is 45.2. The molecule has 0 fully saturated rings. The van der Waals surface area contributed by atoms with Gasteiger partial charge in [0, 0.05) is 6.42 Å². The third-order valence-electron chi connectivity index (χ3n) is 12.0. The van der Waals surface area contributed by atoms with Gasteiger partial charge in [-0.3, -0.25) is 52.7 Å². The number of nitrogens with one attached hydrogen (secondary N) is 9. The van der Waals surface area contributed by atoms with Crippen LogP contribution in [0.15, 0.2) is 0 Å². The van der Waals surface area contributed by atoms with Crippen LogP contribution in [0.4, 0.5) is 0 Å². The molecule has 0 aliphatic carbocycles. The summed E-state index contributed by atoms with van der Waals surface area (Å²) in [5.74, 6) is -14.2. The number of amides is 9. The second-order valence-electron chi connectivity index (χ2n) is 19.7. The molecular formula is C48H86N12O17. The third kappa shape index (κ3) is 27.9. The van der Waals surface area contributed by atoms with Gasteiger partial charge in [-0.25, -0.2) is 4.79 Å². The second kappa shape index (κ2) is 37.3. The molecule has 0 aromatic carbocycles. The fourth-order valence-electron chi connectivity index (χ4n) is 7.38. The summed E-state index contributed by atoms with van der Waals surface area (Å²) >= 11 is 0. The molecule has 11 atom stereocenters. The van der Waals surface area contributed by atoms with Crippen molar-refractivity contribution in [2.75, 3.05) is 26.3 Å². The molecule has 29 heteroatoms. The standard InChI is InChI=1S/C48H86N12O17/c1-8-26(6)38(60-40(68)28(51)22-61)47(75)58-33(20-25(4)5)45(73)59-35(23-62)46(74)54-29(13-9-11-17-49)41(69)57-34(21-37(65)66)43(71)52-27(7)39(67)53-30(15-16-36(63)64)42(70)56-32(19-24(2)3)44(72)55-31(48(76)77)14-10-12-18-50/h24-35,38,61-62H,8-23,49-51H2,1-7H3,(H,52,71)(H,53,67)(H,54,74)(H,55,72)(H,56,70)(H,57,69)(H,58,75)(H,59,73)(H,60,68)(H,63,64)(H,65,66)(H,76,77)/t26-,27-,28-,29-,30-,31-,32-,33-,34-,35-,38-/m0/s1. The van der Waals surface area contributed by atoms with Crippen molar-refractivity contribution in [1.82, 2.24) is 47.9 Å². The lowest BCUT2D eigenvalue weighted by Crippen LogP contribution is -2.61. The minimum Gasteiger partial charge on any atom is -0.481 e. The van der Waals surface area contributed by atoms with Crippen LogP contribution in [-0.4, -0.2) is 183 Å². The van der Waals surface area contributed by atoms with Gasteiger partial charge in [-0.15, -0.1) is 0 Å². The summed E-state index contributed by atoms with van der Waals surface area (Å²) in [5, 5.41) is 69.8. The Balaban J connectivity index is 6.46. The van der Waals surface area contributed by atoms with Gasteiger partial charge >= 0.3 is 17.9 Å². The number of carboxylic acid groups (broad SMARTS) is 3. The zero-order chi connectivity index (χ0) is 59.1. The van der Waals surface area contributed by atoms with E-state index < -0.39 is 170 Å². The van der Waals surface area contributed by atoms with E-state index in [1.807, 2.05) is 0 Å². The van der Waals surface area contributed by atoms with E-state index in [-0.39, 0.29) is 57.0 Å². The van der Waals surface area contributed by atoms with Crippen molar-refractivity contribution in [3.8, 4) is 0 Å². The summed E-state index contributed by atoms with van der Waals surface area (Å²) in [4.78, 5) is 157. The fraction of sp³-hybridized carbons (Fsp3) is 0.750. The fourth-order valence-corrected chi connectivity index (χ4v) is 7.38. The summed E-state index contributed by atoms with van der Waals surface area (Å²) < 4.78 is 0. The summed E-state index contributed by atoms with van der Waals surface area (Å²) in [7, 11) is 0. The highest BCUT2D eigenvalue weighted by molar-refractivity contribution is 5.99. The van der Waals surface area contributed by atoms with Crippen molar-refractivity contribution >= 4 is 71.1 Å². The molecule has 77 heavy (non-hydrogen) atoms. The first kappa shape index (κ1) is 70.4. The minimum atomic E-state index is -1.92. The largest absolute Gasteiger partial charge is 0.481 e. The number of aliphatic carboxylic acids is 3. The molecule has 29 nitrogen and oxygen atoms in total. The average molecular weight is 1100 g/mol. The smallest absolute Gasteiger partial charge is 0.326 e. The van der Waals surface area contributed by atoms with Crippen molar-refractivity contribution in [3.63, 3.8) is 0 Å². The number of aliphatic hydroxyl groups excluding tert-OH is 2. The van der Waals surface area contributed by atoms with Gasteiger partial charge < -0.3 is 90.6 Å². The first-order valence-corrected chi connectivity index (χ1v) is 25.8. The highest BCUT2D eigenvalue weighted by atomic mass is 16.4. The van der Waals surface area contributed by atoms with Crippen LogP contribution in [0.5, 0.6) is 0 Å². The monoisotopic (exact) mass is 1100 g/mol. The number of carboxylic acids is 3. The maximum absolute atomic E-state index is 13.8. The quantitative estimate of drug-likeness (QED) is 0.0257. The SMILES string of the molecule is CC[C@H](C)[C@H](NC(=O)[C@@H](N)CO)C(=O)N[C@@H](CC(C)C)C(=O)N[C@@H](CO)C(=O)N[C@@H](CCCCN)C(=O)N[C@@H](CC(=O)O)C(=O)N[C@@H](C)C(=O)N[C@@H](CCC(=O)O)C(=O)N[C@@H](CC(C)C)C(=O)N[C@@H](CCCCN)C(=O)O. The number of carbonyl (C=O) groups is 12. The molecule has 0 radical (unpaired) electrons. The van der Waals surface area contributed by atoms with E-state index in [0.29, 0.717) is 25.7 Å². The summed E-state index contributed by atoms with van der Waals surface area (Å²) in [6, 6.07) is -15.0. The van der Waals surface area contributed by atoms with Crippen molar-refractivity contribution < 1.29 is 83.1 Å². The minimum absolute atomic E-state index is 0.000809. The van der Waals surface area contributed by atoms with Crippen LogP contribution in [0.25, 0.3) is 0 Å². The van der Waals surface area contributed by atoms with Gasteiger partial charge in [0.2, 0.25) is 53.2 Å². The number of hydrogen-bond acceptors (Lipinski definition) is 17. The van der Waals surface area contributed by atoms with Crippen LogP contribution < -0.4 is 65.1 Å². The Morgan fingerprint density at radius 1 is 0.429 bits per heavy atom. The second-order valence-corrected chi connectivity index (χ2v) is 19.7. The normalized spacial score (nSPS) is 15.5. The Bertz CT molecular complexity index is 1980. The van der Waals surface area contributed by atoms with Gasteiger partial charge in [0.25, 0.3) is 0 Å². The van der Waals surface area contributed by atoms with Gasteiger partial charge in [0.15, 0.2) is 0 Å². The van der Waals surface area contributed by atoms with Crippen LogP contribution in [0.3, 0.4) is 0 Å². The number of carbonyl (C=O) groups excluding carboxylic acids is 9. The predicted octanol–water partition coefficient (Wildman–Crippen LogP) is -4.50. The Morgan fingerprint density at radius 3 is 1.27 bits per heavy atom. The van der Waals surface area contributed by atoms with Crippen molar-refractivity contribution in [1.29, 1.82) is 0 Å². The van der Waals surface area contributed by atoms with Crippen LogP contribution >= 0.6 is 0 Å². The summed E-state index contributed by atoms with van der Waals surface area (Å²) in [6.07, 6.45) is -0.582. The molecule has 0 unspecified atom stereocenters. The Hall–Kier alpha value is -6.56. The Labute approximate surface area is 448 Å². The number of rotatable bonds is 40. The lowest BCUT2D eigenvalue weighted by atomic mass is 9.96. The molecule has 0 aromatic heterocycles. The van der Waals surface area contributed by atoms with Gasteiger partial charge in [-0.1, -0.05) is 48.0 Å². The van der Waals surface area contributed by atoms with E-state index in [1.165, 1.54) is 0 Å². The third-order valence-corrected chi connectivity index (χ3v) is 12.0. The maximum atomic E-state index is 13.8. The topological polar surface area (TPSA) is 492 Å². The lowest BCUT2D eigenvalue weighted by Gasteiger charge is -2.29. The molecule has 0 saturated carbocycles. The molecule has 0 aliphatic rings. The molecular weight excluding hydrogens is 1020 g/mol. The van der Waals surface area contributed by atoms with Crippen LogP contribution in [0.1, 0.15) is 126 Å².